The zero-order valence-electron chi connectivity index (χ0n) is 10.3. The molecule has 0 aliphatic heterocycles. The summed E-state index contributed by atoms with van der Waals surface area (Å²) in [5.41, 5.74) is 0.582. The molecule has 0 aromatic heterocycles. The number of hydrogen-bond donors (Lipinski definition) is 2. The Hall–Kier alpha value is -0.970. The second kappa shape index (κ2) is 6.83. The number of carbonyl (C=O) groups is 1. The normalized spacial score (nSPS) is 12.1. The van der Waals surface area contributed by atoms with Gasteiger partial charge >= 0.3 is 6.03 Å². The number of anilines is 1. The van der Waals surface area contributed by atoms with Crippen molar-refractivity contribution in [1.29, 1.82) is 0 Å². The molecule has 100 valence electrons. The first kappa shape index (κ1) is 15.1. The van der Waals surface area contributed by atoms with Crippen LogP contribution in [-0.2, 0) is 0 Å². The number of aliphatic hydroxyl groups excluding tert-OH is 1. The minimum atomic E-state index is -0.426. The maximum atomic E-state index is 11.8. The molecule has 0 spiro atoms. The highest BCUT2D eigenvalue weighted by molar-refractivity contribution is 6.42. The van der Waals surface area contributed by atoms with Gasteiger partial charge in [-0.25, -0.2) is 4.79 Å². The standard InChI is InChI=1S/C12H16Cl2N2O2/c1-8(17)5-6-16(2)12(18)15-9-3-4-10(13)11(14)7-9/h3-4,7-8,17H,5-6H2,1-2H3,(H,15,18). The largest absolute Gasteiger partial charge is 0.393 e. The SMILES string of the molecule is CC(O)CCN(C)C(=O)Nc1ccc(Cl)c(Cl)c1. The Morgan fingerprint density at radius 3 is 2.67 bits per heavy atom. The molecular weight excluding hydrogens is 275 g/mol. The van der Waals surface area contributed by atoms with Crippen LogP contribution in [0, 0.1) is 0 Å². The van der Waals surface area contributed by atoms with Gasteiger partial charge in [0.2, 0.25) is 0 Å². The van der Waals surface area contributed by atoms with E-state index in [9.17, 15) is 4.79 Å². The molecule has 4 nitrogen and oxygen atoms in total. The number of amides is 2. The maximum absolute atomic E-state index is 11.8. The first-order valence-electron chi connectivity index (χ1n) is 5.55. The van der Waals surface area contributed by atoms with Gasteiger partial charge in [0.25, 0.3) is 0 Å². The fourth-order valence-electron chi connectivity index (χ4n) is 1.27. The second-order valence-corrected chi connectivity index (χ2v) is 4.93. The van der Waals surface area contributed by atoms with Crippen LogP contribution in [-0.4, -0.2) is 35.7 Å². The van der Waals surface area contributed by atoms with Gasteiger partial charge in [-0.15, -0.1) is 0 Å². The van der Waals surface area contributed by atoms with Crippen molar-refractivity contribution < 1.29 is 9.90 Å². The van der Waals surface area contributed by atoms with E-state index in [0.717, 1.165) is 0 Å². The lowest BCUT2D eigenvalue weighted by Gasteiger charge is -2.18. The van der Waals surface area contributed by atoms with Gasteiger partial charge in [-0.05, 0) is 31.5 Å². The monoisotopic (exact) mass is 290 g/mol. The minimum Gasteiger partial charge on any atom is -0.393 e. The van der Waals surface area contributed by atoms with E-state index in [-0.39, 0.29) is 6.03 Å². The van der Waals surface area contributed by atoms with E-state index in [1.807, 2.05) is 0 Å². The van der Waals surface area contributed by atoms with Crippen LogP contribution >= 0.6 is 23.2 Å². The van der Waals surface area contributed by atoms with E-state index in [1.165, 1.54) is 4.90 Å². The lowest BCUT2D eigenvalue weighted by Crippen LogP contribution is -2.33. The van der Waals surface area contributed by atoms with Crippen molar-refractivity contribution in [2.45, 2.75) is 19.4 Å². The molecule has 1 atom stereocenters. The summed E-state index contributed by atoms with van der Waals surface area (Å²) in [6, 6.07) is 4.63. The number of carbonyl (C=O) groups excluding carboxylic acids is 1. The summed E-state index contributed by atoms with van der Waals surface area (Å²) in [7, 11) is 1.66. The summed E-state index contributed by atoms with van der Waals surface area (Å²) in [6.45, 7) is 2.16. The van der Waals surface area contributed by atoms with Crippen LogP contribution in [0.3, 0.4) is 0 Å². The highest BCUT2D eigenvalue weighted by Gasteiger charge is 2.10. The molecule has 0 fully saturated rings. The van der Waals surface area contributed by atoms with Crippen LogP contribution < -0.4 is 5.32 Å². The van der Waals surface area contributed by atoms with Gasteiger partial charge in [0.15, 0.2) is 0 Å². The zero-order valence-corrected chi connectivity index (χ0v) is 11.8. The van der Waals surface area contributed by atoms with Crippen molar-refractivity contribution in [1.82, 2.24) is 4.90 Å². The lowest BCUT2D eigenvalue weighted by molar-refractivity contribution is 0.167. The molecule has 2 N–H and O–H groups in total. The van der Waals surface area contributed by atoms with Gasteiger partial charge in [-0.2, -0.15) is 0 Å². The number of nitrogens with zero attached hydrogens (tertiary/aromatic N) is 1. The number of aliphatic hydroxyl groups is 1. The van der Waals surface area contributed by atoms with E-state index in [0.29, 0.717) is 28.7 Å². The van der Waals surface area contributed by atoms with Crippen LogP contribution in [0.25, 0.3) is 0 Å². The number of benzene rings is 1. The van der Waals surface area contributed by atoms with Gasteiger partial charge in [-0.1, -0.05) is 23.2 Å². The lowest BCUT2D eigenvalue weighted by atomic mass is 10.3. The van der Waals surface area contributed by atoms with Crippen molar-refractivity contribution in [3.8, 4) is 0 Å². The number of rotatable bonds is 4. The van der Waals surface area contributed by atoms with E-state index in [2.05, 4.69) is 5.32 Å². The van der Waals surface area contributed by atoms with Crippen LogP contribution in [0.4, 0.5) is 10.5 Å². The van der Waals surface area contributed by atoms with Crippen molar-refractivity contribution >= 4 is 34.9 Å². The molecule has 0 saturated carbocycles. The van der Waals surface area contributed by atoms with Crippen molar-refractivity contribution in [3.63, 3.8) is 0 Å². The van der Waals surface area contributed by atoms with Crippen molar-refractivity contribution in [2.75, 3.05) is 18.9 Å². The van der Waals surface area contributed by atoms with Crippen LogP contribution in [0.1, 0.15) is 13.3 Å². The summed E-state index contributed by atoms with van der Waals surface area (Å²) in [6.07, 6.45) is 0.107. The molecule has 1 unspecified atom stereocenters. The van der Waals surface area contributed by atoms with Crippen molar-refractivity contribution in [2.24, 2.45) is 0 Å². The molecule has 0 radical (unpaired) electrons. The number of hydrogen-bond acceptors (Lipinski definition) is 2. The molecule has 2 amide bonds. The molecule has 0 aliphatic carbocycles. The molecule has 1 aromatic rings. The highest BCUT2D eigenvalue weighted by Crippen LogP contribution is 2.25. The quantitative estimate of drug-likeness (QED) is 0.894. The average molecular weight is 291 g/mol. The fourth-order valence-corrected chi connectivity index (χ4v) is 1.57. The Balaban J connectivity index is 2.55. The summed E-state index contributed by atoms with van der Waals surface area (Å²) >= 11 is 11.6. The van der Waals surface area contributed by atoms with Gasteiger partial charge < -0.3 is 15.3 Å². The molecule has 0 saturated heterocycles. The smallest absolute Gasteiger partial charge is 0.321 e. The molecule has 0 heterocycles. The first-order valence-corrected chi connectivity index (χ1v) is 6.31. The highest BCUT2D eigenvalue weighted by atomic mass is 35.5. The number of nitrogens with one attached hydrogen (secondary N) is 1. The van der Waals surface area contributed by atoms with Gasteiger partial charge in [0.1, 0.15) is 0 Å². The molecule has 18 heavy (non-hydrogen) atoms. The summed E-state index contributed by atoms with van der Waals surface area (Å²) in [5.74, 6) is 0. The Morgan fingerprint density at radius 1 is 1.44 bits per heavy atom. The van der Waals surface area contributed by atoms with Gasteiger partial charge in [0.05, 0.1) is 16.1 Å². The summed E-state index contributed by atoms with van der Waals surface area (Å²) < 4.78 is 0. The fraction of sp³-hybridized carbons (Fsp3) is 0.417. The van der Waals surface area contributed by atoms with Gasteiger partial charge in [0, 0.05) is 19.3 Å². The van der Waals surface area contributed by atoms with Crippen LogP contribution in [0.15, 0.2) is 18.2 Å². The Morgan fingerprint density at radius 2 is 2.11 bits per heavy atom. The predicted molar refractivity (Wildman–Crippen MR) is 74.4 cm³/mol. The molecule has 1 aromatic carbocycles. The van der Waals surface area contributed by atoms with E-state index >= 15 is 0 Å². The van der Waals surface area contributed by atoms with E-state index < -0.39 is 6.10 Å². The van der Waals surface area contributed by atoms with Gasteiger partial charge in [-0.3, -0.25) is 0 Å². The van der Waals surface area contributed by atoms with Crippen LogP contribution in [0.5, 0.6) is 0 Å². The third-order valence-electron chi connectivity index (χ3n) is 2.40. The molecule has 0 bridgehead atoms. The topological polar surface area (TPSA) is 52.6 Å². The van der Waals surface area contributed by atoms with Crippen molar-refractivity contribution in [3.05, 3.63) is 28.2 Å². The summed E-state index contributed by atoms with van der Waals surface area (Å²) in [5, 5.41) is 12.7. The van der Waals surface area contributed by atoms with E-state index in [1.54, 1.807) is 32.2 Å². The Kier molecular flexibility index (Phi) is 5.72. The molecule has 6 heteroatoms. The van der Waals surface area contributed by atoms with E-state index in [4.69, 9.17) is 28.3 Å². The Labute approximate surface area is 116 Å². The molecular formula is C12H16Cl2N2O2. The maximum Gasteiger partial charge on any atom is 0.321 e. The Bertz CT molecular complexity index is 425. The molecule has 1 rings (SSSR count). The number of halogens is 2. The third kappa shape index (κ3) is 4.72. The second-order valence-electron chi connectivity index (χ2n) is 4.12. The third-order valence-corrected chi connectivity index (χ3v) is 3.14. The summed E-state index contributed by atoms with van der Waals surface area (Å²) in [4.78, 5) is 13.3. The minimum absolute atomic E-state index is 0.256. The van der Waals surface area contributed by atoms with Crippen LogP contribution in [0.2, 0.25) is 10.0 Å². The molecule has 0 aliphatic rings. The first-order chi connectivity index (χ1) is 8.40. The average Bonchev–Trinajstić information content (AvgIpc) is 2.30. The number of urea groups is 1. The predicted octanol–water partition coefficient (Wildman–Crippen LogP) is 3.23. The zero-order chi connectivity index (χ0) is 13.7.